The highest BCUT2D eigenvalue weighted by Gasteiger charge is 2.43. The third kappa shape index (κ3) is 1.04. The molecule has 0 spiro atoms. The van der Waals surface area contributed by atoms with Gasteiger partial charge < -0.3 is 9.72 Å². The molecule has 1 aliphatic heterocycles. The fourth-order valence-electron chi connectivity index (χ4n) is 1.33. The van der Waals surface area contributed by atoms with E-state index in [-0.39, 0.29) is 0 Å². The van der Waals surface area contributed by atoms with E-state index in [2.05, 4.69) is 16.0 Å². The molecule has 1 aromatic heterocycles. The molecule has 13 heavy (non-hydrogen) atoms. The van der Waals surface area contributed by atoms with E-state index in [9.17, 15) is 0 Å². The molecular formula is C9H11N3O. The molecule has 0 radical (unpaired) electrons. The van der Waals surface area contributed by atoms with E-state index in [0.717, 1.165) is 17.2 Å². The first-order valence-corrected chi connectivity index (χ1v) is 4.21. The summed E-state index contributed by atoms with van der Waals surface area (Å²) in [6, 6.07) is 2.25. The van der Waals surface area contributed by atoms with Crippen molar-refractivity contribution in [3.8, 4) is 6.07 Å². The lowest BCUT2D eigenvalue weighted by atomic mass is 9.87. The first-order valence-electron chi connectivity index (χ1n) is 4.21. The third-order valence-electron chi connectivity index (χ3n) is 2.49. The normalized spacial score (nSPS) is 19.2. The molecule has 1 saturated heterocycles. The van der Waals surface area contributed by atoms with E-state index in [0.29, 0.717) is 13.2 Å². The van der Waals surface area contributed by atoms with Gasteiger partial charge in [0.1, 0.15) is 5.82 Å². The molecule has 0 amide bonds. The second-order valence-electron chi connectivity index (χ2n) is 3.48. The summed E-state index contributed by atoms with van der Waals surface area (Å²) < 4.78 is 5.05. The van der Waals surface area contributed by atoms with Crippen LogP contribution >= 0.6 is 0 Å². The van der Waals surface area contributed by atoms with Crippen molar-refractivity contribution in [3.63, 3.8) is 0 Å². The standard InChI is InChI=1S/C9H11N3O/c1-6-7(2)12-8(11-6)9(3-10)4-13-5-9/h4-5H2,1-2H3,(H,11,12). The molecule has 0 aliphatic carbocycles. The first-order chi connectivity index (χ1) is 6.18. The molecule has 0 unspecified atom stereocenters. The molecule has 4 heteroatoms. The van der Waals surface area contributed by atoms with Gasteiger partial charge in [-0.2, -0.15) is 5.26 Å². The van der Waals surface area contributed by atoms with Crippen molar-refractivity contribution in [2.24, 2.45) is 0 Å². The summed E-state index contributed by atoms with van der Waals surface area (Å²) in [5.74, 6) is 0.747. The summed E-state index contributed by atoms with van der Waals surface area (Å²) in [5.41, 5.74) is 1.46. The van der Waals surface area contributed by atoms with Gasteiger partial charge in [0.05, 0.1) is 25.0 Å². The van der Waals surface area contributed by atoms with Gasteiger partial charge in [-0.05, 0) is 13.8 Å². The Morgan fingerprint density at radius 3 is 2.54 bits per heavy atom. The lowest BCUT2D eigenvalue weighted by Crippen LogP contribution is -2.46. The smallest absolute Gasteiger partial charge is 0.161 e. The summed E-state index contributed by atoms with van der Waals surface area (Å²) in [7, 11) is 0. The van der Waals surface area contributed by atoms with Gasteiger partial charge in [-0.25, -0.2) is 4.98 Å². The SMILES string of the molecule is Cc1nc(C2(C#N)COC2)[nH]c1C. The van der Waals surface area contributed by atoms with Gasteiger partial charge in [-0.15, -0.1) is 0 Å². The van der Waals surface area contributed by atoms with Gasteiger partial charge in [0.25, 0.3) is 0 Å². The van der Waals surface area contributed by atoms with E-state index in [1.54, 1.807) is 0 Å². The number of hydrogen-bond acceptors (Lipinski definition) is 3. The van der Waals surface area contributed by atoms with E-state index in [1.807, 2.05) is 13.8 Å². The quantitative estimate of drug-likeness (QED) is 0.690. The first kappa shape index (κ1) is 8.27. The third-order valence-corrected chi connectivity index (χ3v) is 2.49. The number of aromatic amines is 1. The monoisotopic (exact) mass is 177 g/mol. The van der Waals surface area contributed by atoms with E-state index < -0.39 is 5.41 Å². The van der Waals surface area contributed by atoms with Crippen molar-refractivity contribution in [3.05, 3.63) is 17.2 Å². The van der Waals surface area contributed by atoms with Crippen LogP contribution in [-0.2, 0) is 10.2 Å². The molecule has 1 aliphatic rings. The molecule has 0 aromatic carbocycles. The van der Waals surface area contributed by atoms with Crippen molar-refractivity contribution in [2.75, 3.05) is 13.2 Å². The largest absolute Gasteiger partial charge is 0.377 e. The zero-order valence-corrected chi connectivity index (χ0v) is 7.72. The number of aryl methyl sites for hydroxylation is 2. The van der Waals surface area contributed by atoms with Gasteiger partial charge in [0.2, 0.25) is 0 Å². The molecule has 1 fully saturated rings. The summed E-state index contributed by atoms with van der Waals surface area (Å²) in [4.78, 5) is 7.44. The number of nitriles is 1. The summed E-state index contributed by atoms with van der Waals surface area (Å²) >= 11 is 0. The van der Waals surface area contributed by atoms with Gasteiger partial charge in [0, 0.05) is 5.69 Å². The van der Waals surface area contributed by atoms with Gasteiger partial charge in [-0.3, -0.25) is 0 Å². The molecule has 1 aromatic rings. The van der Waals surface area contributed by atoms with Crippen LogP contribution in [0.2, 0.25) is 0 Å². The van der Waals surface area contributed by atoms with Crippen LogP contribution in [0, 0.1) is 25.2 Å². The molecule has 0 atom stereocenters. The summed E-state index contributed by atoms with van der Waals surface area (Å²) in [6.07, 6.45) is 0. The van der Waals surface area contributed by atoms with Crippen molar-refractivity contribution in [1.29, 1.82) is 5.26 Å². The number of ether oxygens (including phenoxy) is 1. The summed E-state index contributed by atoms with van der Waals surface area (Å²) in [6.45, 7) is 4.79. The Morgan fingerprint density at radius 1 is 1.54 bits per heavy atom. The lowest BCUT2D eigenvalue weighted by molar-refractivity contribution is -0.0336. The Kier molecular flexibility index (Phi) is 1.64. The highest BCUT2D eigenvalue weighted by Crippen LogP contribution is 2.29. The fourth-order valence-corrected chi connectivity index (χ4v) is 1.33. The van der Waals surface area contributed by atoms with Crippen LogP contribution in [-0.4, -0.2) is 23.2 Å². The molecule has 68 valence electrons. The van der Waals surface area contributed by atoms with Gasteiger partial charge in [0.15, 0.2) is 5.41 Å². The van der Waals surface area contributed by atoms with Crippen molar-refractivity contribution >= 4 is 0 Å². The van der Waals surface area contributed by atoms with Crippen LogP contribution in [0.3, 0.4) is 0 Å². The predicted molar refractivity (Wildman–Crippen MR) is 46.2 cm³/mol. The predicted octanol–water partition coefficient (Wildman–Crippen LogP) is 0.818. The van der Waals surface area contributed by atoms with E-state index in [4.69, 9.17) is 10.00 Å². The highest BCUT2D eigenvalue weighted by atomic mass is 16.5. The Bertz CT molecular complexity index is 351. The second-order valence-corrected chi connectivity index (χ2v) is 3.48. The Morgan fingerprint density at radius 2 is 2.23 bits per heavy atom. The van der Waals surface area contributed by atoms with Crippen molar-refractivity contribution < 1.29 is 4.74 Å². The molecule has 0 saturated carbocycles. The maximum atomic E-state index is 9.00. The van der Waals surface area contributed by atoms with Crippen molar-refractivity contribution in [2.45, 2.75) is 19.3 Å². The minimum absolute atomic E-state index is 0.454. The van der Waals surface area contributed by atoms with Crippen LogP contribution in [0.15, 0.2) is 0 Å². The number of aromatic nitrogens is 2. The lowest BCUT2D eigenvalue weighted by Gasteiger charge is -2.32. The van der Waals surface area contributed by atoms with Crippen LogP contribution in [0.25, 0.3) is 0 Å². The zero-order valence-electron chi connectivity index (χ0n) is 7.72. The number of hydrogen-bond donors (Lipinski definition) is 1. The topological polar surface area (TPSA) is 61.7 Å². The minimum Gasteiger partial charge on any atom is -0.377 e. The average molecular weight is 177 g/mol. The molecular weight excluding hydrogens is 166 g/mol. The zero-order chi connectivity index (χ0) is 9.47. The van der Waals surface area contributed by atoms with Crippen LogP contribution in [0.1, 0.15) is 17.2 Å². The van der Waals surface area contributed by atoms with Crippen LogP contribution < -0.4 is 0 Å². The second kappa shape index (κ2) is 2.57. The summed E-state index contributed by atoms with van der Waals surface area (Å²) in [5, 5.41) is 9.00. The Labute approximate surface area is 76.6 Å². The van der Waals surface area contributed by atoms with Gasteiger partial charge >= 0.3 is 0 Å². The minimum atomic E-state index is -0.515. The number of nitrogens with zero attached hydrogens (tertiary/aromatic N) is 2. The molecule has 0 bridgehead atoms. The molecule has 2 heterocycles. The highest BCUT2D eigenvalue weighted by molar-refractivity contribution is 5.28. The molecule has 4 nitrogen and oxygen atoms in total. The van der Waals surface area contributed by atoms with E-state index in [1.165, 1.54) is 0 Å². The number of H-pyrrole nitrogens is 1. The maximum absolute atomic E-state index is 9.00. The van der Waals surface area contributed by atoms with E-state index >= 15 is 0 Å². The van der Waals surface area contributed by atoms with Gasteiger partial charge in [-0.1, -0.05) is 0 Å². The van der Waals surface area contributed by atoms with Crippen LogP contribution in [0.5, 0.6) is 0 Å². The molecule has 2 rings (SSSR count). The number of imidazole rings is 1. The maximum Gasteiger partial charge on any atom is 0.161 e. The average Bonchev–Trinajstić information content (AvgIpc) is 2.31. The Hall–Kier alpha value is -1.34. The number of nitrogens with one attached hydrogen (secondary N) is 1. The van der Waals surface area contributed by atoms with Crippen molar-refractivity contribution in [1.82, 2.24) is 9.97 Å². The van der Waals surface area contributed by atoms with Crippen LogP contribution in [0.4, 0.5) is 0 Å². The number of rotatable bonds is 1. The molecule has 1 N–H and O–H groups in total. The fraction of sp³-hybridized carbons (Fsp3) is 0.556. The Balaban J connectivity index is 2.40.